The van der Waals surface area contributed by atoms with E-state index in [1.807, 2.05) is 6.92 Å². The molecule has 0 saturated carbocycles. The molecule has 0 fully saturated rings. The number of nitrogens with one attached hydrogen (secondary N) is 1. The zero-order valence-corrected chi connectivity index (χ0v) is 7.54. The van der Waals surface area contributed by atoms with E-state index in [1.165, 1.54) is 6.92 Å². The first-order valence-electron chi connectivity index (χ1n) is 3.27. The molecule has 0 bridgehead atoms. The summed E-state index contributed by atoms with van der Waals surface area (Å²) in [4.78, 5) is 10.4. The molecular weight excluding hydrogens is 149 g/mol. The molecule has 0 radical (unpaired) electrons. The van der Waals surface area contributed by atoms with Crippen molar-refractivity contribution in [1.29, 1.82) is 0 Å². The molecule has 2 atom stereocenters. The molecule has 0 aliphatic carbocycles. The molecule has 2 unspecified atom stereocenters. The highest BCUT2D eigenvalue weighted by Crippen LogP contribution is 1.96. The summed E-state index contributed by atoms with van der Waals surface area (Å²) in [7, 11) is 2.40. The van der Waals surface area contributed by atoms with Crippen molar-refractivity contribution in [3.8, 4) is 0 Å². The summed E-state index contributed by atoms with van der Waals surface area (Å²) in [6.07, 6.45) is 0.869. The summed E-state index contributed by atoms with van der Waals surface area (Å²) in [5.41, 5.74) is 0. The van der Waals surface area contributed by atoms with Gasteiger partial charge in [0.15, 0.2) is 0 Å². The summed E-state index contributed by atoms with van der Waals surface area (Å²) in [6.45, 7) is 4.15. The SMILES string of the molecule is CC(=O)OC(C)CCNP. The smallest absolute Gasteiger partial charge is 0.302 e. The predicted molar refractivity (Wildman–Crippen MR) is 43.6 cm³/mol. The minimum absolute atomic E-state index is 0.0190. The molecular formula is C6H14NO2P. The predicted octanol–water partition coefficient (Wildman–Crippen LogP) is 0.708. The summed E-state index contributed by atoms with van der Waals surface area (Å²) >= 11 is 0. The van der Waals surface area contributed by atoms with Gasteiger partial charge in [-0.15, -0.1) is 0 Å². The van der Waals surface area contributed by atoms with Gasteiger partial charge < -0.3 is 9.82 Å². The third kappa shape index (κ3) is 5.99. The highest BCUT2D eigenvalue weighted by Gasteiger charge is 2.02. The van der Waals surface area contributed by atoms with Gasteiger partial charge in [-0.3, -0.25) is 4.79 Å². The van der Waals surface area contributed by atoms with Gasteiger partial charge in [-0.25, -0.2) is 0 Å². The average Bonchev–Trinajstić information content (AvgIpc) is 1.82. The van der Waals surface area contributed by atoms with E-state index < -0.39 is 0 Å². The lowest BCUT2D eigenvalue weighted by Crippen LogP contribution is -2.16. The molecule has 0 heterocycles. The Hall–Kier alpha value is -0.140. The highest BCUT2D eigenvalue weighted by atomic mass is 31.0. The van der Waals surface area contributed by atoms with Gasteiger partial charge in [0.1, 0.15) is 6.10 Å². The summed E-state index contributed by atoms with van der Waals surface area (Å²) in [5, 5.41) is 2.90. The largest absolute Gasteiger partial charge is 0.463 e. The molecule has 0 aliphatic heterocycles. The van der Waals surface area contributed by atoms with Gasteiger partial charge >= 0.3 is 5.97 Å². The first kappa shape index (κ1) is 9.86. The maximum absolute atomic E-state index is 10.4. The molecule has 0 rings (SSSR count). The van der Waals surface area contributed by atoms with Crippen LogP contribution in [0.25, 0.3) is 0 Å². The van der Waals surface area contributed by atoms with Crippen molar-refractivity contribution in [2.24, 2.45) is 0 Å². The summed E-state index contributed by atoms with van der Waals surface area (Å²) in [6, 6.07) is 0. The molecule has 0 saturated heterocycles. The number of hydrogen-bond donors (Lipinski definition) is 1. The molecule has 1 N–H and O–H groups in total. The van der Waals surface area contributed by atoms with Crippen molar-refractivity contribution >= 4 is 15.4 Å². The molecule has 4 heteroatoms. The first-order valence-corrected chi connectivity index (χ1v) is 3.85. The topological polar surface area (TPSA) is 38.3 Å². The van der Waals surface area contributed by atoms with Gasteiger partial charge in [0.25, 0.3) is 0 Å². The van der Waals surface area contributed by atoms with Crippen molar-refractivity contribution in [1.82, 2.24) is 5.09 Å². The fourth-order valence-corrected chi connectivity index (χ4v) is 0.796. The average molecular weight is 163 g/mol. The highest BCUT2D eigenvalue weighted by molar-refractivity contribution is 7.13. The van der Waals surface area contributed by atoms with Crippen molar-refractivity contribution in [3.63, 3.8) is 0 Å². The van der Waals surface area contributed by atoms with Crippen LogP contribution in [0.1, 0.15) is 20.3 Å². The minimum Gasteiger partial charge on any atom is -0.463 e. The Morgan fingerprint density at radius 1 is 1.80 bits per heavy atom. The van der Waals surface area contributed by atoms with E-state index >= 15 is 0 Å². The van der Waals surface area contributed by atoms with Crippen molar-refractivity contribution < 1.29 is 9.53 Å². The molecule has 0 spiro atoms. The number of esters is 1. The van der Waals surface area contributed by atoms with Gasteiger partial charge in [0.2, 0.25) is 0 Å². The number of carbonyl (C=O) groups is 1. The molecule has 0 amide bonds. The Bertz CT molecular complexity index is 108. The number of ether oxygens (including phenoxy) is 1. The van der Waals surface area contributed by atoms with Gasteiger partial charge in [-0.05, 0) is 13.3 Å². The first-order chi connectivity index (χ1) is 4.66. The number of carbonyl (C=O) groups excluding carboxylic acids is 1. The Labute approximate surface area is 63.8 Å². The lowest BCUT2D eigenvalue weighted by molar-refractivity contribution is -0.145. The zero-order valence-electron chi connectivity index (χ0n) is 6.39. The van der Waals surface area contributed by atoms with Crippen molar-refractivity contribution in [3.05, 3.63) is 0 Å². The second-order valence-electron chi connectivity index (χ2n) is 2.16. The Kier molecular flexibility index (Phi) is 5.55. The normalized spacial score (nSPS) is 12.7. The van der Waals surface area contributed by atoms with Crippen LogP contribution in [0.5, 0.6) is 0 Å². The van der Waals surface area contributed by atoms with Crippen LogP contribution in [-0.4, -0.2) is 18.6 Å². The third-order valence-corrected chi connectivity index (χ3v) is 1.35. The second kappa shape index (κ2) is 5.63. The van der Waals surface area contributed by atoms with E-state index in [2.05, 4.69) is 14.5 Å². The monoisotopic (exact) mass is 163 g/mol. The minimum atomic E-state index is -0.212. The van der Waals surface area contributed by atoms with E-state index in [0.717, 1.165) is 13.0 Å². The molecule has 0 aromatic carbocycles. The standard InChI is InChI=1S/C6H14NO2P/c1-5(3-4-7-10)9-6(2)8/h5,7H,3-4,10H2,1-2H3. The van der Waals surface area contributed by atoms with Gasteiger partial charge in [-0.1, -0.05) is 9.39 Å². The number of hydrogen-bond acceptors (Lipinski definition) is 3. The Balaban J connectivity index is 3.25. The van der Waals surface area contributed by atoms with Gasteiger partial charge in [-0.2, -0.15) is 0 Å². The quantitative estimate of drug-likeness (QED) is 0.490. The summed E-state index contributed by atoms with van der Waals surface area (Å²) in [5.74, 6) is -0.212. The van der Waals surface area contributed by atoms with Crippen LogP contribution in [0, 0.1) is 0 Å². The Morgan fingerprint density at radius 2 is 2.40 bits per heavy atom. The van der Waals surface area contributed by atoms with Gasteiger partial charge in [0, 0.05) is 13.5 Å². The van der Waals surface area contributed by atoms with Crippen LogP contribution in [0.2, 0.25) is 0 Å². The fourth-order valence-electron chi connectivity index (χ4n) is 0.629. The zero-order chi connectivity index (χ0) is 7.98. The van der Waals surface area contributed by atoms with Gasteiger partial charge in [0.05, 0.1) is 0 Å². The molecule has 0 aromatic rings. The van der Waals surface area contributed by atoms with Crippen molar-refractivity contribution in [2.75, 3.05) is 6.54 Å². The van der Waals surface area contributed by atoms with E-state index in [-0.39, 0.29) is 12.1 Å². The summed E-state index contributed by atoms with van der Waals surface area (Å²) < 4.78 is 4.86. The van der Waals surface area contributed by atoms with E-state index in [9.17, 15) is 4.79 Å². The van der Waals surface area contributed by atoms with E-state index in [0.29, 0.717) is 0 Å². The molecule has 60 valence electrons. The maximum atomic E-state index is 10.4. The lowest BCUT2D eigenvalue weighted by atomic mass is 10.3. The number of rotatable bonds is 4. The van der Waals surface area contributed by atoms with E-state index in [4.69, 9.17) is 4.74 Å². The van der Waals surface area contributed by atoms with Crippen molar-refractivity contribution in [2.45, 2.75) is 26.4 Å². The Morgan fingerprint density at radius 3 is 2.80 bits per heavy atom. The fraction of sp³-hybridized carbons (Fsp3) is 0.833. The lowest BCUT2D eigenvalue weighted by Gasteiger charge is -2.10. The molecule has 0 aliphatic rings. The van der Waals surface area contributed by atoms with Crippen LogP contribution >= 0.6 is 9.39 Å². The van der Waals surface area contributed by atoms with Crippen LogP contribution in [-0.2, 0) is 9.53 Å². The van der Waals surface area contributed by atoms with E-state index in [1.54, 1.807) is 0 Å². The van der Waals surface area contributed by atoms with Crippen LogP contribution in [0.15, 0.2) is 0 Å². The van der Waals surface area contributed by atoms with Crippen LogP contribution < -0.4 is 5.09 Å². The molecule has 10 heavy (non-hydrogen) atoms. The van der Waals surface area contributed by atoms with Crippen LogP contribution in [0.4, 0.5) is 0 Å². The molecule has 0 aromatic heterocycles. The van der Waals surface area contributed by atoms with Crippen LogP contribution in [0.3, 0.4) is 0 Å². The maximum Gasteiger partial charge on any atom is 0.302 e. The third-order valence-electron chi connectivity index (χ3n) is 1.06. The molecule has 3 nitrogen and oxygen atoms in total. The second-order valence-corrected chi connectivity index (χ2v) is 2.57.